The van der Waals surface area contributed by atoms with Crippen LogP contribution in [0.5, 0.6) is 0 Å². The van der Waals surface area contributed by atoms with Gasteiger partial charge in [-0.25, -0.2) is 4.98 Å². The third-order valence-corrected chi connectivity index (χ3v) is 11.9. The molecule has 0 aromatic carbocycles. The molecule has 0 spiro atoms. The molecular formula is C27H40F3NOS. The van der Waals surface area contributed by atoms with E-state index >= 15 is 0 Å². The van der Waals surface area contributed by atoms with E-state index in [1.165, 1.54) is 55.2 Å². The molecule has 1 N–H and O–H groups in total. The van der Waals surface area contributed by atoms with Crippen LogP contribution in [0.15, 0.2) is 5.38 Å². The zero-order chi connectivity index (χ0) is 23.8. The molecule has 0 aliphatic heterocycles. The lowest BCUT2D eigenvalue weighted by Crippen LogP contribution is -2.55. The number of alkyl halides is 3. The molecule has 0 amide bonds. The normalized spacial score (nSPS) is 46.4. The zero-order valence-corrected chi connectivity index (χ0v) is 21.4. The van der Waals surface area contributed by atoms with Gasteiger partial charge in [-0.1, -0.05) is 20.8 Å². The minimum absolute atomic E-state index is 0.300. The van der Waals surface area contributed by atoms with Gasteiger partial charge in [0.1, 0.15) is 0 Å². The summed E-state index contributed by atoms with van der Waals surface area (Å²) in [5.74, 6) is 3.87. The Morgan fingerprint density at radius 2 is 1.76 bits per heavy atom. The quantitative estimate of drug-likeness (QED) is 0.477. The predicted molar refractivity (Wildman–Crippen MR) is 126 cm³/mol. The molecule has 1 heterocycles. The van der Waals surface area contributed by atoms with E-state index in [0.29, 0.717) is 40.0 Å². The van der Waals surface area contributed by atoms with E-state index in [4.69, 9.17) is 0 Å². The van der Waals surface area contributed by atoms with Crippen LogP contribution in [0, 0.1) is 46.3 Å². The van der Waals surface area contributed by atoms with Crippen molar-refractivity contribution in [1.29, 1.82) is 0 Å². The summed E-state index contributed by atoms with van der Waals surface area (Å²) in [6.07, 6.45) is 6.92. The monoisotopic (exact) mass is 483 g/mol. The van der Waals surface area contributed by atoms with Gasteiger partial charge in [0.25, 0.3) is 0 Å². The number of nitrogens with zero attached hydrogens (tertiary/aromatic N) is 1. The van der Waals surface area contributed by atoms with Crippen LogP contribution in [0.1, 0.15) is 96.2 Å². The van der Waals surface area contributed by atoms with Gasteiger partial charge >= 0.3 is 6.18 Å². The second-order valence-corrected chi connectivity index (χ2v) is 13.8. The lowest BCUT2D eigenvalue weighted by atomic mass is 9.43. The highest BCUT2D eigenvalue weighted by Gasteiger charge is 2.61. The molecule has 6 heteroatoms. The van der Waals surface area contributed by atoms with Gasteiger partial charge in [-0.3, -0.25) is 0 Å². The fourth-order valence-electron chi connectivity index (χ4n) is 9.36. The Morgan fingerprint density at radius 3 is 2.45 bits per heavy atom. The van der Waals surface area contributed by atoms with Crippen molar-refractivity contribution in [2.75, 3.05) is 0 Å². The molecule has 186 valence electrons. The maximum absolute atomic E-state index is 13.0. The van der Waals surface area contributed by atoms with Crippen molar-refractivity contribution < 1.29 is 18.3 Å². The predicted octanol–water partition coefficient (Wildman–Crippen LogP) is 7.75. The molecule has 0 unspecified atom stereocenters. The lowest BCUT2D eigenvalue weighted by Gasteiger charge is -2.62. The standard InChI is InChI=1S/C27H40F3NOS/c1-16(13-23-31-22(15-33-23)27(28,29)30)19-7-8-20-18-6-5-17-14-24(2,32)11-12-25(17,3)21(18)9-10-26(19,20)4/h15-21,32H,5-14H2,1-4H3/t16-,17+,18-,19+,20-,21-,24+,25-,26+/m0/s1. The second kappa shape index (κ2) is 7.94. The first-order chi connectivity index (χ1) is 15.3. The molecule has 0 radical (unpaired) electrons. The van der Waals surface area contributed by atoms with Gasteiger partial charge in [-0.15, -0.1) is 11.3 Å². The molecule has 4 aliphatic rings. The first kappa shape index (κ1) is 24.1. The highest BCUT2D eigenvalue weighted by atomic mass is 32.1. The molecule has 33 heavy (non-hydrogen) atoms. The van der Waals surface area contributed by atoms with Crippen molar-refractivity contribution in [3.05, 3.63) is 16.1 Å². The van der Waals surface area contributed by atoms with Gasteiger partial charge in [0.2, 0.25) is 0 Å². The van der Waals surface area contributed by atoms with E-state index in [0.717, 1.165) is 37.0 Å². The van der Waals surface area contributed by atoms with Crippen molar-refractivity contribution in [3.63, 3.8) is 0 Å². The molecule has 1 aromatic rings. The molecule has 5 rings (SSSR count). The van der Waals surface area contributed by atoms with Gasteiger partial charge in [0, 0.05) is 11.8 Å². The summed E-state index contributed by atoms with van der Waals surface area (Å²) in [6, 6.07) is 0. The Hall–Kier alpha value is -0.620. The van der Waals surface area contributed by atoms with E-state index < -0.39 is 17.5 Å². The number of fused-ring (bicyclic) bond motifs is 5. The van der Waals surface area contributed by atoms with Gasteiger partial charge in [0.15, 0.2) is 5.69 Å². The third-order valence-electron chi connectivity index (χ3n) is 11.1. The van der Waals surface area contributed by atoms with Crippen molar-refractivity contribution >= 4 is 11.3 Å². The summed E-state index contributed by atoms with van der Waals surface area (Å²) in [5.41, 5.74) is -0.558. The summed E-state index contributed by atoms with van der Waals surface area (Å²) in [7, 11) is 0. The van der Waals surface area contributed by atoms with E-state index in [1.807, 2.05) is 6.92 Å². The molecule has 9 atom stereocenters. The Labute approximate surface area is 200 Å². The van der Waals surface area contributed by atoms with Crippen molar-refractivity contribution in [3.8, 4) is 0 Å². The number of thiazole rings is 1. The second-order valence-electron chi connectivity index (χ2n) is 12.9. The highest BCUT2D eigenvalue weighted by Crippen LogP contribution is 2.68. The van der Waals surface area contributed by atoms with E-state index in [1.54, 1.807) is 0 Å². The van der Waals surface area contributed by atoms with Crippen LogP contribution in [0.25, 0.3) is 0 Å². The van der Waals surface area contributed by atoms with E-state index in [2.05, 4.69) is 25.8 Å². The van der Waals surface area contributed by atoms with Crippen LogP contribution in [0.3, 0.4) is 0 Å². The van der Waals surface area contributed by atoms with E-state index in [9.17, 15) is 18.3 Å². The van der Waals surface area contributed by atoms with Crippen molar-refractivity contribution in [1.82, 2.24) is 4.98 Å². The summed E-state index contributed by atoms with van der Waals surface area (Å²) < 4.78 is 39.0. The number of aromatic nitrogens is 1. The smallest absolute Gasteiger partial charge is 0.390 e. The minimum Gasteiger partial charge on any atom is -0.390 e. The Bertz CT molecular complexity index is 881. The molecule has 0 bridgehead atoms. The maximum Gasteiger partial charge on any atom is 0.434 e. The summed E-state index contributed by atoms with van der Waals surface area (Å²) in [5, 5.41) is 12.5. The van der Waals surface area contributed by atoms with Crippen LogP contribution in [0.2, 0.25) is 0 Å². The van der Waals surface area contributed by atoms with E-state index in [-0.39, 0.29) is 0 Å². The Kier molecular flexibility index (Phi) is 5.80. The SMILES string of the molecule is C[C@@H](Cc1nc(C(F)(F)F)cs1)[C@H]1CC[C@H]2[C@@H]3CC[C@@H]4C[C@](C)(O)CC[C@]4(C)[C@H]3CC[C@]12C. The van der Waals surface area contributed by atoms with Crippen LogP contribution >= 0.6 is 11.3 Å². The number of aliphatic hydroxyl groups is 1. The Balaban J connectivity index is 1.31. The van der Waals surface area contributed by atoms with Crippen LogP contribution < -0.4 is 0 Å². The fraction of sp³-hybridized carbons (Fsp3) is 0.889. The largest absolute Gasteiger partial charge is 0.434 e. The number of halogens is 3. The minimum atomic E-state index is -4.34. The molecule has 1 aromatic heterocycles. The Morgan fingerprint density at radius 1 is 1.03 bits per heavy atom. The molecule has 0 saturated heterocycles. The average molecular weight is 484 g/mol. The first-order valence-corrected chi connectivity index (χ1v) is 14.0. The van der Waals surface area contributed by atoms with Crippen LogP contribution in [-0.2, 0) is 12.6 Å². The molecule has 4 saturated carbocycles. The summed E-state index contributed by atoms with van der Waals surface area (Å²) in [4.78, 5) is 3.92. The lowest BCUT2D eigenvalue weighted by molar-refractivity contribution is -0.147. The molecule has 4 aliphatic carbocycles. The van der Waals surface area contributed by atoms with Crippen molar-refractivity contribution in [2.24, 2.45) is 46.3 Å². The average Bonchev–Trinajstić information content (AvgIpc) is 3.32. The van der Waals surface area contributed by atoms with Gasteiger partial charge in [0.05, 0.1) is 10.6 Å². The summed E-state index contributed by atoms with van der Waals surface area (Å²) in [6.45, 7) is 9.31. The number of rotatable bonds is 3. The maximum atomic E-state index is 13.0. The zero-order valence-electron chi connectivity index (χ0n) is 20.5. The third kappa shape index (κ3) is 3.99. The topological polar surface area (TPSA) is 33.1 Å². The fourth-order valence-corrected chi connectivity index (χ4v) is 10.3. The molecule has 2 nitrogen and oxygen atoms in total. The number of hydrogen-bond donors (Lipinski definition) is 1. The highest BCUT2D eigenvalue weighted by molar-refractivity contribution is 7.09. The summed E-state index contributed by atoms with van der Waals surface area (Å²) >= 11 is 1.17. The molecule has 4 fully saturated rings. The van der Waals surface area contributed by atoms with Crippen LogP contribution in [-0.4, -0.2) is 15.7 Å². The first-order valence-electron chi connectivity index (χ1n) is 13.1. The van der Waals surface area contributed by atoms with Crippen LogP contribution in [0.4, 0.5) is 13.2 Å². The van der Waals surface area contributed by atoms with Gasteiger partial charge in [-0.2, -0.15) is 13.2 Å². The number of hydrogen-bond acceptors (Lipinski definition) is 3. The van der Waals surface area contributed by atoms with Gasteiger partial charge < -0.3 is 5.11 Å². The molecular weight excluding hydrogens is 443 g/mol. The van der Waals surface area contributed by atoms with Crippen molar-refractivity contribution in [2.45, 2.75) is 104 Å². The van der Waals surface area contributed by atoms with Gasteiger partial charge in [-0.05, 0) is 111 Å².